The Kier molecular flexibility index (Phi) is 4.62. The predicted molar refractivity (Wildman–Crippen MR) is 86.2 cm³/mol. The van der Waals surface area contributed by atoms with E-state index in [0.29, 0.717) is 18.9 Å². The number of piperidine rings is 2. The molecule has 0 aromatic carbocycles. The predicted octanol–water partition coefficient (Wildman–Crippen LogP) is 1.66. The van der Waals surface area contributed by atoms with Crippen LogP contribution in [0.1, 0.15) is 44.2 Å². The van der Waals surface area contributed by atoms with Crippen molar-refractivity contribution in [1.29, 1.82) is 0 Å². The summed E-state index contributed by atoms with van der Waals surface area (Å²) in [4.78, 5) is 31.6. The molecule has 0 aliphatic carbocycles. The molecule has 2 fully saturated rings. The zero-order chi connectivity index (χ0) is 17.3. The number of nitrogens with zero attached hydrogens (tertiary/aromatic N) is 3. The van der Waals surface area contributed by atoms with E-state index < -0.39 is 12.0 Å². The molecule has 2 saturated heterocycles. The number of aryl methyl sites for hydroxylation is 1. The van der Waals surface area contributed by atoms with Crippen LogP contribution in [0.4, 0.5) is 0 Å². The molecule has 3 heterocycles. The summed E-state index contributed by atoms with van der Waals surface area (Å²) < 4.78 is 5.25. The summed E-state index contributed by atoms with van der Waals surface area (Å²) in [5, 5.41) is 9.23. The molecule has 7 heteroatoms. The second kappa shape index (κ2) is 6.55. The number of carbonyl (C=O) groups excluding carboxylic acids is 1. The highest BCUT2D eigenvalue weighted by atomic mass is 16.4. The van der Waals surface area contributed by atoms with Crippen LogP contribution < -0.4 is 0 Å². The monoisotopic (exact) mass is 335 g/mol. The van der Waals surface area contributed by atoms with E-state index in [-0.39, 0.29) is 11.3 Å². The van der Waals surface area contributed by atoms with Gasteiger partial charge in [-0.1, -0.05) is 0 Å². The van der Waals surface area contributed by atoms with Gasteiger partial charge in [-0.2, -0.15) is 0 Å². The van der Waals surface area contributed by atoms with Gasteiger partial charge in [-0.05, 0) is 44.7 Å². The zero-order valence-electron chi connectivity index (χ0n) is 14.3. The van der Waals surface area contributed by atoms with E-state index in [1.165, 1.54) is 0 Å². The molecule has 1 spiro atoms. The summed E-state index contributed by atoms with van der Waals surface area (Å²) in [5.74, 6) is -0.280. The van der Waals surface area contributed by atoms with Gasteiger partial charge in [0.05, 0.1) is 5.69 Å². The molecule has 3 rings (SSSR count). The molecule has 0 radical (unpaired) electrons. The molecule has 24 heavy (non-hydrogen) atoms. The smallest absolute Gasteiger partial charge is 0.326 e. The number of carboxylic acid groups (broad SMARTS) is 1. The number of aliphatic carboxylic acids is 1. The average Bonchev–Trinajstić information content (AvgIpc) is 2.96. The molecule has 2 aliphatic rings. The molecule has 1 unspecified atom stereocenters. The van der Waals surface area contributed by atoms with Gasteiger partial charge in [0.15, 0.2) is 5.89 Å². The van der Waals surface area contributed by atoms with Crippen LogP contribution in [0.5, 0.6) is 0 Å². The van der Waals surface area contributed by atoms with Crippen molar-refractivity contribution >= 4 is 11.9 Å². The van der Waals surface area contributed by atoms with Gasteiger partial charge in [0, 0.05) is 26.4 Å². The average molecular weight is 335 g/mol. The molecular formula is C17H25N3O4. The van der Waals surface area contributed by atoms with Crippen molar-refractivity contribution in [2.24, 2.45) is 5.41 Å². The lowest BCUT2D eigenvalue weighted by Crippen LogP contribution is -2.55. The second-order valence-electron chi connectivity index (χ2n) is 7.17. The number of aromatic nitrogens is 1. The Morgan fingerprint density at radius 2 is 2.12 bits per heavy atom. The third kappa shape index (κ3) is 3.45. The van der Waals surface area contributed by atoms with Gasteiger partial charge in [-0.25, -0.2) is 9.78 Å². The van der Waals surface area contributed by atoms with Gasteiger partial charge in [0.1, 0.15) is 12.3 Å². The van der Waals surface area contributed by atoms with E-state index >= 15 is 0 Å². The molecule has 1 aromatic rings. The van der Waals surface area contributed by atoms with Crippen molar-refractivity contribution in [1.82, 2.24) is 14.8 Å². The maximum absolute atomic E-state index is 12.1. The maximum Gasteiger partial charge on any atom is 0.326 e. The van der Waals surface area contributed by atoms with Crippen LogP contribution in [0.25, 0.3) is 0 Å². The minimum Gasteiger partial charge on any atom is -0.480 e. The number of hydrogen-bond donors (Lipinski definition) is 1. The minimum atomic E-state index is -0.931. The zero-order valence-corrected chi connectivity index (χ0v) is 14.3. The normalized spacial score (nSPS) is 22.8. The molecular weight excluding hydrogens is 310 g/mol. The van der Waals surface area contributed by atoms with E-state index in [2.05, 4.69) is 9.88 Å². The number of oxazole rings is 1. The highest BCUT2D eigenvalue weighted by molar-refractivity contribution is 5.84. The van der Waals surface area contributed by atoms with Crippen LogP contribution in [0.15, 0.2) is 10.7 Å². The maximum atomic E-state index is 12.1. The first-order valence-electron chi connectivity index (χ1n) is 8.54. The molecule has 1 amide bonds. The highest BCUT2D eigenvalue weighted by Crippen LogP contribution is 2.41. The largest absolute Gasteiger partial charge is 0.480 e. The van der Waals surface area contributed by atoms with Gasteiger partial charge >= 0.3 is 5.97 Å². The Bertz CT molecular complexity index is 619. The lowest BCUT2D eigenvalue weighted by molar-refractivity contribution is -0.155. The van der Waals surface area contributed by atoms with Crippen LogP contribution in [-0.2, 0) is 16.1 Å². The van der Waals surface area contributed by atoms with E-state index in [9.17, 15) is 14.7 Å². The fourth-order valence-electron chi connectivity index (χ4n) is 3.83. The fraction of sp³-hybridized carbons (Fsp3) is 0.706. The number of likely N-dealkylation sites (tertiary alicyclic amines) is 2. The van der Waals surface area contributed by atoms with Gasteiger partial charge in [0.25, 0.3) is 0 Å². The highest BCUT2D eigenvalue weighted by Gasteiger charge is 2.43. The Morgan fingerprint density at radius 1 is 1.42 bits per heavy atom. The lowest BCUT2D eigenvalue weighted by Gasteiger charge is -2.48. The van der Waals surface area contributed by atoms with Gasteiger partial charge in [-0.3, -0.25) is 9.69 Å². The molecule has 1 N–H and O–H groups in total. The van der Waals surface area contributed by atoms with Gasteiger partial charge in [-0.15, -0.1) is 0 Å². The third-order valence-electron chi connectivity index (χ3n) is 5.49. The van der Waals surface area contributed by atoms with Crippen molar-refractivity contribution in [3.8, 4) is 0 Å². The van der Waals surface area contributed by atoms with Crippen molar-refractivity contribution in [2.75, 3.05) is 19.6 Å². The fourth-order valence-corrected chi connectivity index (χ4v) is 3.83. The molecule has 2 aliphatic heterocycles. The van der Waals surface area contributed by atoms with Crippen molar-refractivity contribution in [3.63, 3.8) is 0 Å². The Labute approximate surface area is 141 Å². The van der Waals surface area contributed by atoms with Crippen molar-refractivity contribution < 1.29 is 19.1 Å². The Balaban J connectivity index is 1.60. The van der Waals surface area contributed by atoms with E-state index in [1.54, 1.807) is 18.1 Å². The standard InChI is InChI=1S/C17H25N3O4/c1-12(16(22)23)20-11-17(4-3-15(20)21)5-7-19(8-6-17)9-14-10-24-13(2)18-14/h10,12H,3-9,11H2,1-2H3,(H,22,23). The van der Waals surface area contributed by atoms with Crippen LogP contribution in [0.2, 0.25) is 0 Å². The first kappa shape index (κ1) is 17.0. The summed E-state index contributed by atoms with van der Waals surface area (Å²) in [6, 6.07) is -0.745. The van der Waals surface area contributed by atoms with Crippen molar-refractivity contribution in [2.45, 2.75) is 52.1 Å². The van der Waals surface area contributed by atoms with E-state index in [4.69, 9.17) is 4.42 Å². The molecule has 1 atom stereocenters. The summed E-state index contributed by atoms with van der Waals surface area (Å²) in [5.41, 5.74) is 1.01. The number of rotatable bonds is 4. The van der Waals surface area contributed by atoms with Crippen LogP contribution in [0.3, 0.4) is 0 Å². The summed E-state index contributed by atoms with van der Waals surface area (Å²) in [6.45, 7) is 6.66. The van der Waals surface area contributed by atoms with Crippen molar-refractivity contribution in [3.05, 3.63) is 17.8 Å². The summed E-state index contributed by atoms with van der Waals surface area (Å²) >= 11 is 0. The van der Waals surface area contributed by atoms with Gasteiger partial charge in [0.2, 0.25) is 5.91 Å². The van der Waals surface area contributed by atoms with Crippen LogP contribution in [-0.4, -0.2) is 57.4 Å². The van der Waals surface area contributed by atoms with Crippen LogP contribution in [0, 0.1) is 12.3 Å². The minimum absolute atomic E-state index is 0.0315. The second-order valence-corrected chi connectivity index (χ2v) is 7.17. The van der Waals surface area contributed by atoms with Crippen LogP contribution >= 0.6 is 0 Å². The molecule has 7 nitrogen and oxygen atoms in total. The first-order chi connectivity index (χ1) is 11.4. The molecule has 0 saturated carbocycles. The Hall–Kier alpha value is -1.89. The topological polar surface area (TPSA) is 86.9 Å². The summed E-state index contributed by atoms with van der Waals surface area (Å²) in [6.07, 6.45) is 5.00. The number of carbonyl (C=O) groups is 2. The quantitative estimate of drug-likeness (QED) is 0.900. The first-order valence-corrected chi connectivity index (χ1v) is 8.54. The molecule has 0 bridgehead atoms. The van der Waals surface area contributed by atoms with E-state index in [1.807, 2.05) is 6.92 Å². The number of amides is 1. The third-order valence-corrected chi connectivity index (χ3v) is 5.49. The molecule has 1 aromatic heterocycles. The SMILES string of the molecule is Cc1nc(CN2CCC3(CCC(=O)N(C(C)C(=O)O)C3)CC2)co1. The van der Waals surface area contributed by atoms with E-state index in [0.717, 1.165) is 44.6 Å². The number of carboxylic acids is 1. The van der Waals surface area contributed by atoms with Gasteiger partial charge < -0.3 is 14.4 Å². The molecule has 132 valence electrons. The number of hydrogen-bond acceptors (Lipinski definition) is 5. The lowest BCUT2D eigenvalue weighted by atomic mass is 9.72. The summed E-state index contributed by atoms with van der Waals surface area (Å²) in [7, 11) is 0. The Morgan fingerprint density at radius 3 is 2.71 bits per heavy atom.